The van der Waals surface area contributed by atoms with Gasteiger partial charge in [-0.15, -0.1) is 0 Å². The Balaban J connectivity index is 1.66. The number of nitrogens with one attached hydrogen (secondary N) is 1. The van der Waals surface area contributed by atoms with Crippen LogP contribution >= 0.6 is 0 Å². The molecule has 0 atom stereocenters. The SMILES string of the molecule is NCC1(CNC(=O)CC2CCCCC2)CCC1. The first-order chi connectivity index (χ1) is 8.24. The Morgan fingerprint density at radius 3 is 2.41 bits per heavy atom. The highest BCUT2D eigenvalue weighted by molar-refractivity contribution is 5.76. The van der Waals surface area contributed by atoms with Gasteiger partial charge < -0.3 is 11.1 Å². The van der Waals surface area contributed by atoms with Gasteiger partial charge in [0.15, 0.2) is 0 Å². The lowest BCUT2D eigenvalue weighted by Crippen LogP contribution is -2.47. The summed E-state index contributed by atoms with van der Waals surface area (Å²) >= 11 is 0. The Bertz CT molecular complexity index is 249. The van der Waals surface area contributed by atoms with E-state index < -0.39 is 0 Å². The molecule has 0 bridgehead atoms. The van der Waals surface area contributed by atoms with E-state index in [1.54, 1.807) is 0 Å². The van der Waals surface area contributed by atoms with E-state index in [9.17, 15) is 4.79 Å². The summed E-state index contributed by atoms with van der Waals surface area (Å²) in [6, 6.07) is 0. The molecule has 2 fully saturated rings. The quantitative estimate of drug-likeness (QED) is 0.771. The molecule has 0 radical (unpaired) electrons. The van der Waals surface area contributed by atoms with Gasteiger partial charge in [-0.1, -0.05) is 25.7 Å². The summed E-state index contributed by atoms with van der Waals surface area (Å²) in [4.78, 5) is 11.9. The highest BCUT2D eigenvalue weighted by Gasteiger charge is 2.35. The molecule has 0 unspecified atom stereocenters. The first kappa shape index (κ1) is 12.9. The zero-order valence-corrected chi connectivity index (χ0v) is 10.8. The van der Waals surface area contributed by atoms with Crippen molar-refractivity contribution < 1.29 is 4.79 Å². The maximum absolute atomic E-state index is 11.9. The summed E-state index contributed by atoms with van der Waals surface area (Å²) < 4.78 is 0. The molecule has 1 amide bonds. The molecular weight excluding hydrogens is 212 g/mol. The predicted octanol–water partition coefficient (Wildman–Crippen LogP) is 2.20. The van der Waals surface area contributed by atoms with E-state index in [0.717, 1.165) is 19.5 Å². The molecule has 2 aliphatic rings. The molecule has 17 heavy (non-hydrogen) atoms. The van der Waals surface area contributed by atoms with Crippen LogP contribution in [0.2, 0.25) is 0 Å². The van der Waals surface area contributed by atoms with Crippen molar-refractivity contribution in [3.8, 4) is 0 Å². The fourth-order valence-electron chi connectivity index (χ4n) is 3.14. The summed E-state index contributed by atoms with van der Waals surface area (Å²) in [5, 5.41) is 3.10. The zero-order chi connectivity index (χ0) is 12.1. The van der Waals surface area contributed by atoms with E-state index in [4.69, 9.17) is 5.73 Å². The van der Waals surface area contributed by atoms with Crippen molar-refractivity contribution in [1.82, 2.24) is 5.32 Å². The molecule has 0 aliphatic heterocycles. The number of amides is 1. The predicted molar refractivity (Wildman–Crippen MR) is 69.5 cm³/mol. The van der Waals surface area contributed by atoms with E-state index in [-0.39, 0.29) is 11.3 Å². The standard InChI is InChI=1S/C14H26N2O/c15-10-14(7-4-8-14)11-16-13(17)9-12-5-2-1-3-6-12/h12H,1-11,15H2,(H,16,17). The molecule has 2 rings (SSSR count). The Hall–Kier alpha value is -0.570. The van der Waals surface area contributed by atoms with Crippen molar-refractivity contribution in [2.24, 2.45) is 17.1 Å². The van der Waals surface area contributed by atoms with E-state index >= 15 is 0 Å². The van der Waals surface area contributed by atoms with Crippen LogP contribution in [0.15, 0.2) is 0 Å². The molecule has 0 saturated heterocycles. The second kappa shape index (κ2) is 5.85. The number of carbonyl (C=O) groups is 1. The largest absolute Gasteiger partial charge is 0.355 e. The van der Waals surface area contributed by atoms with Crippen molar-refractivity contribution in [2.75, 3.05) is 13.1 Å². The lowest BCUT2D eigenvalue weighted by Gasteiger charge is -2.41. The third kappa shape index (κ3) is 3.44. The Kier molecular flexibility index (Phi) is 4.43. The van der Waals surface area contributed by atoms with Crippen LogP contribution in [0.25, 0.3) is 0 Å². The molecule has 0 aromatic heterocycles. The van der Waals surface area contributed by atoms with E-state index in [1.165, 1.54) is 51.4 Å². The van der Waals surface area contributed by atoms with Gasteiger partial charge in [0, 0.05) is 13.0 Å². The molecular formula is C14H26N2O. The van der Waals surface area contributed by atoms with Gasteiger partial charge in [-0.25, -0.2) is 0 Å². The topological polar surface area (TPSA) is 55.1 Å². The summed E-state index contributed by atoms with van der Waals surface area (Å²) in [5.41, 5.74) is 6.03. The van der Waals surface area contributed by atoms with Crippen molar-refractivity contribution in [3.05, 3.63) is 0 Å². The number of hydrogen-bond donors (Lipinski definition) is 2. The molecule has 0 spiro atoms. The van der Waals surface area contributed by atoms with Crippen molar-refractivity contribution in [1.29, 1.82) is 0 Å². The fourth-order valence-corrected chi connectivity index (χ4v) is 3.14. The van der Waals surface area contributed by atoms with Crippen LogP contribution in [0.5, 0.6) is 0 Å². The summed E-state index contributed by atoms with van der Waals surface area (Å²) in [7, 11) is 0. The summed E-state index contributed by atoms with van der Waals surface area (Å²) in [6.07, 6.45) is 10.9. The van der Waals surface area contributed by atoms with Gasteiger partial charge >= 0.3 is 0 Å². The van der Waals surface area contributed by atoms with E-state index in [1.807, 2.05) is 0 Å². The minimum atomic E-state index is 0.238. The third-order valence-electron chi connectivity index (χ3n) is 4.71. The van der Waals surface area contributed by atoms with Gasteiger partial charge in [0.1, 0.15) is 0 Å². The second-order valence-electron chi connectivity index (χ2n) is 6.04. The zero-order valence-electron chi connectivity index (χ0n) is 10.8. The minimum Gasteiger partial charge on any atom is -0.355 e. The lowest BCUT2D eigenvalue weighted by atomic mass is 9.69. The maximum Gasteiger partial charge on any atom is 0.220 e. The van der Waals surface area contributed by atoms with Gasteiger partial charge in [0.05, 0.1) is 0 Å². The summed E-state index contributed by atoms with van der Waals surface area (Å²) in [6.45, 7) is 1.52. The third-order valence-corrected chi connectivity index (χ3v) is 4.71. The monoisotopic (exact) mass is 238 g/mol. The van der Waals surface area contributed by atoms with Gasteiger partial charge in [-0.05, 0) is 43.6 Å². The van der Waals surface area contributed by atoms with Crippen LogP contribution in [0.4, 0.5) is 0 Å². The van der Waals surface area contributed by atoms with Crippen LogP contribution in [0, 0.1) is 11.3 Å². The molecule has 98 valence electrons. The number of rotatable bonds is 5. The molecule has 3 N–H and O–H groups in total. The van der Waals surface area contributed by atoms with E-state index in [2.05, 4.69) is 5.32 Å². The number of carbonyl (C=O) groups excluding carboxylic acids is 1. The van der Waals surface area contributed by atoms with Crippen molar-refractivity contribution in [3.63, 3.8) is 0 Å². The van der Waals surface area contributed by atoms with Crippen LogP contribution in [-0.2, 0) is 4.79 Å². The first-order valence-electron chi connectivity index (χ1n) is 7.21. The molecule has 0 aromatic rings. The van der Waals surface area contributed by atoms with Gasteiger partial charge in [-0.3, -0.25) is 4.79 Å². The minimum absolute atomic E-state index is 0.238. The average Bonchev–Trinajstić information content (AvgIpc) is 2.29. The fraction of sp³-hybridized carbons (Fsp3) is 0.929. The molecule has 0 heterocycles. The molecule has 2 saturated carbocycles. The number of nitrogens with two attached hydrogens (primary N) is 1. The highest BCUT2D eigenvalue weighted by atomic mass is 16.1. The van der Waals surface area contributed by atoms with Crippen molar-refractivity contribution in [2.45, 2.75) is 57.8 Å². The van der Waals surface area contributed by atoms with Gasteiger partial charge in [0.2, 0.25) is 5.91 Å². The van der Waals surface area contributed by atoms with Crippen molar-refractivity contribution >= 4 is 5.91 Å². The van der Waals surface area contributed by atoms with Crippen LogP contribution in [-0.4, -0.2) is 19.0 Å². The lowest BCUT2D eigenvalue weighted by molar-refractivity contribution is -0.123. The Labute approximate surface area is 105 Å². The molecule has 2 aliphatic carbocycles. The number of hydrogen-bond acceptors (Lipinski definition) is 2. The average molecular weight is 238 g/mol. The smallest absolute Gasteiger partial charge is 0.220 e. The maximum atomic E-state index is 11.9. The second-order valence-corrected chi connectivity index (χ2v) is 6.04. The van der Waals surface area contributed by atoms with Crippen LogP contribution in [0.3, 0.4) is 0 Å². The van der Waals surface area contributed by atoms with Crippen LogP contribution in [0.1, 0.15) is 57.8 Å². The highest BCUT2D eigenvalue weighted by Crippen LogP contribution is 2.39. The summed E-state index contributed by atoms with van der Waals surface area (Å²) in [5.74, 6) is 0.885. The van der Waals surface area contributed by atoms with Gasteiger partial charge in [-0.2, -0.15) is 0 Å². The molecule has 3 nitrogen and oxygen atoms in total. The van der Waals surface area contributed by atoms with Crippen LogP contribution < -0.4 is 11.1 Å². The van der Waals surface area contributed by atoms with E-state index in [0.29, 0.717) is 5.92 Å². The Morgan fingerprint density at radius 1 is 1.18 bits per heavy atom. The first-order valence-corrected chi connectivity index (χ1v) is 7.21. The van der Waals surface area contributed by atoms with Gasteiger partial charge in [0.25, 0.3) is 0 Å². The normalized spacial score (nSPS) is 24.1. The molecule has 3 heteroatoms. The molecule has 0 aromatic carbocycles. The Morgan fingerprint density at radius 2 is 1.88 bits per heavy atom.